The van der Waals surface area contributed by atoms with E-state index in [2.05, 4.69) is 86.8 Å². The van der Waals surface area contributed by atoms with Gasteiger partial charge in [-0.15, -0.1) is 11.8 Å². The highest BCUT2D eigenvalue weighted by atomic mass is 32.2. The van der Waals surface area contributed by atoms with Crippen LogP contribution in [0.3, 0.4) is 0 Å². The summed E-state index contributed by atoms with van der Waals surface area (Å²) in [5.41, 5.74) is 0. The third-order valence-corrected chi connectivity index (χ3v) is 25.4. The first kappa shape index (κ1) is 54.3. The molecule has 3 saturated heterocycles. The maximum atomic E-state index is 13.4. The number of benzene rings is 1. The van der Waals surface area contributed by atoms with Crippen molar-refractivity contribution in [3.63, 3.8) is 0 Å². The number of thioether (sulfide) groups is 1. The highest BCUT2D eigenvalue weighted by Gasteiger charge is 2.51. The van der Waals surface area contributed by atoms with Gasteiger partial charge in [-0.05, 0) is 119 Å². The quantitative estimate of drug-likeness (QED) is 0.0374. The number of carbonyl (C=O) groups is 2. The summed E-state index contributed by atoms with van der Waals surface area (Å²) in [4.78, 5) is 27.8. The van der Waals surface area contributed by atoms with Crippen LogP contribution in [-0.4, -0.2) is 75.9 Å². The summed E-state index contributed by atoms with van der Waals surface area (Å²) < 4.78 is 33.1. The molecule has 1 aromatic rings. The van der Waals surface area contributed by atoms with Crippen LogP contribution in [0.2, 0.25) is 36.3 Å². The third kappa shape index (κ3) is 17.4. The number of esters is 1. The Morgan fingerprint density at radius 1 is 0.778 bits per heavy atom. The van der Waals surface area contributed by atoms with E-state index in [1.54, 1.807) is 17.8 Å². The number of hydrogen-bond acceptors (Lipinski definition) is 8. The largest absolute Gasteiger partial charge is 0.462 e. The maximum absolute atomic E-state index is 13.4. The summed E-state index contributed by atoms with van der Waals surface area (Å²) >= 11 is 1.61. The summed E-state index contributed by atoms with van der Waals surface area (Å²) in [5, 5.41) is 0.213. The SMILES string of the molecule is CCCCCCCCCCCC[C@@H](O[Si](C)(C)C(C)(C)C)[C@H]1CC[C@@H]([C@H](CC/C=C/C(=O)C[C@@H]2CCC[C@H](C[C@@]3(Sc4ccccc4)C[C@H](C)OC3=O)O2)O[Si](C)(C)C(C)(C)C)O1. The van der Waals surface area contributed by atoms with Crippen molar-refractivity contribution in [3.05, 3.63) is 42.5 Å². The summed E-state index contributed by atoms with van der Waals surface area (Å²) in [5.74, 6) is -0.0499. The van der Waals surface area contributed by atoms with Crippen molar-refractivity contribution in [2.45, 2.75) is 279 Å². The number of allylic oxidation sites excluding steroid dienone is 2. The van der Waals surface area contributed by atoms with Gasteiger partial charge in [0.2, 0.25) is 0 Å². The Morgan fingerprint density at radius 2 is 1.32 bits per heavy atom. The van der Waals surface area contributed by atoms with Crippen LogP contribution >= 0.6 is 11.8 Å². The Kier molecular flexibility index (Phi) is 21.7. The van der Waals surface area contributed by atoms with Gasteiger partial charge in [0.1, 0.15) is 10.9 Å². The lowest BCUT2D eigenvalue weighted by molar-refractivity contribution is -0.144. The fourth-order valence-corrected chi connectivity index (χ4v) is 13.3. The van der Waals surface area contributed by atoms with E-state index in [0.29, 0.717) is 19.3 Å². The van der Waals surface area contributed by atoms with Crippen LogP contribution in [0.15, 0.2) is 47.4 Å². The molecule has 7 nitrogen and oxygen atoms in total. The highest BCUT2D eigenvalue weighted by molar-refractivity contribution is 8.01. The first-order chi connectivity index (χ1) is 29.6. The fourth-order valence-electron chi connectivity index (χ4n) is 9.12. The van der Waals surface area contributed by atoms with Crippen molar-refractivity contribution in [1.29, 1.82) is 0 Å². The van der Waals surface area contributed by atoms with Crippen LogP contribution < -0.4 is 0 Å². The number of rotatable bonds is 27. The molecule has 3 heterocycles. The molecule has 0 aliphatic carbocycles. The van der Waals surface area contributed by atoms with E-state index in [4.69, 9.17) is 23.1 Å². The number of unbranched alkanes of at least 4 members (excludes halogenated alkanes) is 9. The molecule has 0 spiro atoms. The Morgan fingerprint density at radius 3 is 1.86 bits per heavy atom. The smallest absolute Gasteiger partial charge is 0.323 e. The summed E-state index contributed by atoms with van der Waals surface area (Å²) in [6.45, 7) is 27.7. The molecule has 0 amide bonds. The van der Waals surface area contributed by atoms with E-state index < -0.39 is 21.4 Å². The second kappa shape index (κ2) is 25.2. The van der Waals surface area contributed by atoms with Gasteiger partial charge >= 0.3 is 5.97 Å². The van der Waals surface area contributed by atoms with Gasteiger partial charge < -0.3 is 23.1 Å². The highest BCUT2D eigenvalue weighted by Crippen LogP contribution is 2.47. The molecule has 3 fully saturated rings. The van der Waals surface area contributed by atoms with Crippen LogP contribution in [0.4, 0.5) is 0 Å². The molecule has 8 atom stereocenters. The zero-order valence-electron chi connectivity index (χ0n) is 42.2. The Hall–Kier alpha value is -1.28. The molecule has 360 valence electrons. The Labute approximate surface area is 392 Å². The van der Waals surface area contributed by atoms with Gasteiger partial charge in [-0.3, -0.25) is 9.59 Å². The van der Waals surface area contributed by atoms with E-state index in [0.717, 1.165) is 56.3 Å². The number of ether oxygens (including phenoxy) is 3. The molecule has 0 radical (unpaired) electrons. The topological polar surface area (TPSA) is 80.3 Å². The molecule has 0 N–H and O–H groups in total. The molecule has 4 rings (SSSR count). The molecule has 0 aromatic heterocycles. The average Bonchev–Trinajstić information content (AvgIpc) is 3.79. The minimum Gasteiger partial charge on any atom is -0.462 e. The molecule has 10 heteroatoms. The predicted molar refractivity (Wildman–Crippen MR) is 269 cm³/mol. The number of carbonyl (C=O) groups excluding carboxylic acids is 2. The van der Waals surface area contributed by atoms with Gasteiger partial charge in [-0.2, -0.15) is 0 Å². The van der Waals surface area contributed by atoms with Gasteiger partial charge in [0, 0.05) is 17.7 Å². The molecule has 3 aliphatic heterocycles. The lowest BCUT2D eigenvalue weighted by atomic mass is 9.91. The van der Waals surface area contributed by atoms with E-state index in [1.807, 2.05) is 31.2 Å². The number of hydrogen-bond donors (Lipinski definition) is 0. The van der Waals surface area contributed by atoms with Gasteiger partial charge in [-0.25, -0.2) is 0 Å². The average molecular weight is 930 g/mol. The molecular weight excluding hydrogens is 837 g/mol. The standard InChI is InChI=1S/C53H92O7SSi2/c1-13-14-15-16-17-18-19-20-21-25-34-48(59-62(9,10)51(3,4)5)46-36-37-47(58-46)49(60-63(11,12)52(6,7)8)35-27-26-29-42(54)38-43-30-28-31-44(57-43)40-53(39-41(2)56-50(53)55)61-45-32-23-22-24-33-45/h22-24,26,29,32-33,41,43-44,46-49H,13-21,25,27-28,30-31,34-40H2,1-12H3/b29-26+/t41-,43-,44+,46+,47-,48+,49-,53-/m0/s1. The van der Waals surface area contributed by atoms with Crippen molar-refractivity contribution in [3.8, 4) is 0 Å². The third-order valence-electron chi connectivity index (χ3n) is 15.0. The minimum atomic E-state index is -2.10. The summed E-state index contributed by atoms with van der Waals surface area (Å²) in [6, 6.07) is 10.1. The molecular formula is C53H92O7SSi2. The van der Waals surface area contributed by atoms with Crippen molar-refractivity contribution in [2.75, 3.05) is 0 Å². The number of ketones is 1. The maximum Gasteiger partial charge on any atom is 0.323 e. The van der Waals surface area contributed by atoms with Crippen molar-refractivity contribution in [1.82, 2.24) is 0 Å². The predicted octanol–water partition coefficient (Wildman–Crippen LogP) is 15.1. The van der Waals surface area contributed by atoms with Gasteiger partial charge in [0.05, 0.1) is 36.6 Å². The number of cyclic esters (lactones) is 1. The van der Waals surface area contributed by atoms with E-state index >= 15 is 0 Å². The summed E-state index contributed by atoms with van der Waals surface area (Å²) in [6.07, 6.45) is 25.9. The van der Waals surface area contributed by atoms with Gasteiger partial charge in [-0.1, -0.05) is 137 Å². The zero-order valence-corrected chi connectivity index (χ0v) is 45.0. The second-order valence-electron chi connectivity index (χ2n) is 22.6. The minimum absolute atomic E-state index is 0.0162. The second-order valence-corrected chi connectivity index (χ2v) is 33.6. The van der Waals surface area contributed by atoms with Gasteiger partial charge in [0.15, 0.2) is 22.4 Å². The monoisotopic (exact) mass is 929 g/mol. The van der Waals surface area contributed by atoms with E-state index in [-0.39, 0.29) is 64.6 Å². The van der Waals surface area contributed by atoms with Crippen molar-refractivity contribution < 1.29 is 32.7 Å². The van der Waals surface area contributed by atoms with Crippen LogP contribution in [0.25, 0.3) is 0 Å². The molecule has 0 bridgehead atoms. The first-order valence-corrected chi connectivity index (χ1v) is 32.1. The van der Waals surface area contributed by atoms with Crippen LogP contribution in [0, 0.1) is 0 Å². The van der Waals surface area contributed by atoms with Crippen molar-refractivity contribution >= 4 is 40.1 Å². The normalized spacial score (nSPS) is 26.0. The fraction of sp³-hybridized carbons (Fsp3) is 0.811. The van der Waals surface area contributed by atoms with Gasteiger partial charge in [0.25, 0.3) is 0 Å². The Balaban J connectivity index is 1.34. The lowest BCUT2D eigenvalue weighted by Crippen LogP contribution is -2.48. The zero-order chi connectivity index (χ0) is 46.3. The van der Waals surface area contributed by atoms with E-state index in [9.17, 15) is 9.59 Å². The molecule has 0 unspecified atom stereocenters. The van der Waals surface area contributed by atoms with Crippen LogP contribution in [0.5, 0.6) is 0 Å². The molecule has 3 aliphatic rings. The van der Waals surface area contributed by atoms with E-state index in [1.165, 1.54) is 64.2 Å². The van der Waals surface area contributed by atoms with Crippen LogP contribution in [-0.2, 0) is 32.7 Å². The Bertz CT molecular complexity index is 1540. The first-order valence-electron chi connectivity index (χ1n) is 25.5. The molecule has 63 heavy (non-hydrogen) atoms. The lowest BCUT2D eigenvalue weighted by Gasteiger charge is -2.42. The van der Waals surface area contributed by atoms with Crippen molar-refractivity contribution in [2.24, 2.45) is 0 Å². The summed E-state index contributed by atoms with van der Waals surface area (Å²) in [7, 11) is -4.11. The van der Waals surface area contributed by atoms with Crippen LogP contribution in [0.1, 0.15) is 190 Å². The molecule has 1 aromatic carbocycles. The molecule has 0 saturated carbocycles.